The van der Waals surface area contributed by atoms with Crippen molar-refractivity contribution in [1.82, 2.24) is 4.98 Å². The van der Waals surface area contributed by atoms with Crippen LogP contribution in [0.15, 0.2) is 66.9 Å². The molecule has 10 heteroatoms. The number of urea groups is 1. The molecule has 37 heavy (non-hydrogen) atoms. The zero-order chi connectivity index (χ0) is 26.2. The van der Waals surface area contributed by atoms with Crippen LogP contribution >= 0.6 is 0 Å². The Morgan fingerprint density at radius 1 is 0.973 bits per heavy atom. The molecule has 1 heterocycles. The average molecular weight is 505 g/mol. The van der Waals surface area contributed by atoms with Gasteiger partial charge < -0.3 is 25.4 Å². The fourth-order valence-corrected chi connectivity index (χ4v) is 3.27. The van der Waals surface area contributed by atoms with Gasteiger partial charge in [-0.15, -0.1) is 0 Å². The van der Waals surface area contributed by atoms with Gasteiger partial charge in [0.05, 0.1) is 12.2 Å². The number of nitrogens with zero attached hydrogens (tertiary/aromatic N) is 1. The summed E-state index contributed by atoms with van der Waals surface area (Å²) in [7, 11) is 0. The summed E-state index contributed by atoms with van der Waals surface area (Å²) in [4.78, 5) is 40.7. The number of hydrogen-bond acceptors (Lipinski definition) is 6. The van der Waals surface area contributed by atoms with Crippen molar-refractivity contribution in [2.45, 2.75) is 19.8 Å². The van der Waals surface area contributed by atoms with Crippen LogP contribution in [0.25, 0.3) is 6.08 Å². The first kappa shape index (κ1) is 25.4. The highest BCUT2D eigenvalue weighted by Crippen LogP contribution is 2.34. The number of rotatable bonds is 9. The maximum atomic E-state index is 13.0. The van der Waals surface area contributed by atoms with Gasteiger partial charge in [0.2, 0.25) is 5.91 Å². The number of benzene rings is 2. The summed E-state index contributed by atoms with van der Waals surface area (Å²) >= 11 is 0. The SMILES string of the molecule is CCOC(=O)/C=C/c1c(Oc2ccc(NC(=O)Nc3ccc(F)cc3)cc2)ccnc1NC(=O)C1CC1. The van der Waals surface area contributed by atoms with Crippen LogP contribution in [0.2, 0.25) is 0 Å². The molecule has 0 saturated heterocycles. The number of hydrogen-bond donors (Lipinski definition) is 3. The Morgan fingerprint density at radius 3 is 2.24 bits per heavy atom. The highest BCUT2D eigenvalue weighted by Gasteiger charge is 2.30. The second kappa shape index (κ2) is 11.8. The molecule has 0 aliphatic heterocycles. The van der Waals surface area contributed by atoms with Gasteiger partial charge in [0.25, 0.3) is 0 Å². The fourth-order valence-electron chi connectivity index (χ4n) is 3.27. The average Bonchev–Trinajstić information content (AvgIpc) is 3.72. The molecular weight excluding hydrogens is 479 g/mol. The Morgan fingerprint density at radius 2 is 1.62 bits per heavy atom. The van der Waals surface area contributed by atoms with E-state index in [4.69, 9.17) is 9.47 Å². The molecule has 9 nitrogen and oxygen atoms in total. The summed E-state index contributed by atoms with van der Waals surface area (Å²) in [5, 5.41) is 8.09. The van der Waals surface area contributed by atoms with Crippen molar-refractivity contribution in [3.8, 4) is 11.5 Å². The van der Waals surface area contributed by atoms with Gasteiger partial charge in [0.15, 0.2) is 0 Å². The van der Waals surface area contributed by atoms with Gasteiger partial charge in [-0.3, -0.25) is 4.79 Å². The molecule has 190 valence electrons. The van der Waals surface area contributed by atoms with E-state index in [1.165, 1.54) is 42.6 Å². The number of amides is 3. The fraction of sp³-hybridized carbons (Fsp3) is 0.185. The molecule has 1 aliphatic rings. The van der Waals surface area contributed by atoms with Crippen molar-refractivity contribution in [3.63, 3.8) is 0 Å². The van der Waals surface area contributed by atoms with Crippen molar-refractivity contribution >= 4 is 41.2 Å². The highest BCUT2D eigenvalue weighted by atomic mass is 19.1. The van der Waals surface area contributed by atoms with Crippen molar-refractivity contribution in [2.75, 3.05) is 22.6 Å². The third-order valence-corrected chi connectivity index (χ3v) is 5.25. The Hall–Kier alpha value is -4.73. The van der Waals surface area contributed by atoms with E-state index in [-0.39, 0.29) is 24.2 Å². The Kier molecular flexibility index (Phi) is 8.09. The number of halogens is 1. The lowest BCUT2D eigenvalue weighted by Crippen LogP contribution is -2.19. The number of carbonyl (C=O) groups excluding carboxylic acids is 3. The summed E-state index contributed by atoms with van der Waals surface area (Å²) in [5.41, 5.74) is 1.36. The molecule has 0 spiro atoms. The van der Waals surface area contributed by atoms with Gasteiger partial charge in [0.1, 0.15) is 23.1 Å². The second-order valence-electron chi connectivity index (χ2n) is 8.13. The molecule has 0 radical (unpaired) electrons. The zero-order valence-electron chi connectivity index (χ0n) is 20.0. The number of ether oxygens (including phenoxy) is 2. The van der Waals surface area contributed by atoms with Gasteiger partial charge >= 0.3 is 12.0 Å². The third kappa shape index (κ3) is 7.38. The lowest BCUT2D eigenvalue weighted by molar-refractivity contribution is -0.137. The van der Waals surface area contributed by atoms with Crippen LogP contribution in [-0.4, -0.2) is 29.5 Å². The molecule has 1 aliphatic carbocycles. The molecule has 0 bridgehead atoms. The van der Waals surface area contributed by atoms with E-state index >= 15 is 0 Å². The van der Waals surface area contributed by atoms with Crippen LogP contribution in [0.3, 0.4) is 0 Å². The Labute approximate surface area is 212 Å². The minimum Gasteiger partial charge on any atom is -0.463 e. The van der Waals surface area contributed by atoms with E-state index in [2.05, 4.69) is 20.9 Å². The second-order valence-corrected chi connectivity index (χ2v) is 8.13. The summed E-state index contributed by atoms with van der Waals surface area (Å²) in [6.45, 7) is 1.93. The lowest BCUT2D eigenvalue weighted by atomic mass is 10.2. The standard InChI is InChI=1S/C27H25FN4O5/c1-2-36-24(33)14-13-22-23(15-16-29-25(22)32-26(34)17-3-4-17)37-21-11-9-20(10-12-21)31-27(35)30-19-7-5-18(28)6-8-19/h5-17H,2-4H2,1H3,(H,29,32,34)(H2,30,31,35)/b14-13+. The van der Waals surface area contributed by atoms with E-state index in [0.29, 0.717) is 28.4 Å². The summed E-state index contributed by atoms with van der Waals surface area (Å²) in [6.07, 6.45) is 5.89. The van der Waals surface area contributed by atoms with Crippen LogP contribution in [0.5, 0.6) is 11.5 Å². The Bertz CT molecular complexity index is 1310. The molecule has 1 aromatic heterocycles. The summed E-state index contributed by atoms with van der Waals surface area (Å²) in [5.74, 6) is -0.0276. The van der Waals surface area contributed by atoms with Gasteiger partial charge in [-0.2, -0.15) is 0 Å². The largest absolute Gasteiger partial charge is 0.463 e. The van der Waals surface area contributed by atoms with Gasteiger partial charge in [-0.05, 0) is 80.4 Å². The van der Waals surface area contributed by atoms with Crippen molar-refractivity contribution < 1.29 is 28.2 Å². The predicted octanol–water partition coefficient (Wildman–Crippen LogP) is 5.58. The first-order chi connectivity index (χ1) is 17.9. The molecule has 3 aromatic rings. The molecule has 0 unspecified atom stereocenters. The molecule has 4 rings (SSSR count). The van der Waals surface area contributed by atoms with Crippen molar-refractivity contribution in [1.29, 1.82) is 0 Å². The van der Waals surface area contributed by atoms with Crippen LogP contribution in [0.1, 0.15) is 25.3 Å². The molecule has 2 aromatic carbocycles. The minimum atomic E-state index is -0.536. The quantitative estimate of drug-likeness (QED) is 0.259. The molecule has 1 saturated carbocycles. The molecule has 3 N–H and O–H groups in total. The number of nitrogens with one attached hydrogen (secondary N) is 3. The van der Waals surface area contributed by atoms with Crippen LogP contribution in [0, 0.1) is 11.7 Å². The van der Waals surface area contributed by atoms with Crippen LogP contribution < -0.4 is 20.7 Å². The molecular formula is C27H25FN4O5. The maximum absolute atomic E-state index is 13.0. The number of aromatic nitrogens is 1. The normalized spacial score (nSPS) is 12.6. The van der Waals surface area contributed by atoms with E-state index < -0.39 is 17.8 Å². The Balaban J connectivity index is 1.47. The van der Waals surface area contributed by atoms with E-state index in [0.717, 1.165) is 12.8 Å². The maximum Gasteiger partial charge on any atom is 0.330 e. The minimum absolute atomic E-state index is 0.0337. The van der Waals surface area contributed by atoms with Crippen LogP contribution in [0.4, 0.5) is 26.4 Å². The van der Waals surface area contributed by atoms with Gasteiger partial charge in [0, 0.05) is 29.6 Å². The first-order valence-electron chi connectivity index (χ1n) is 11.7. The zero-order valence-corrected chi connectivity index (χ0v) is 20.0. The number of esters is 1. The van der Waals surface area contributed by atoms with Gasteiger partial charge in [-0.25, -0.2) is 19.0 Å². The van der Waals surface area contributed by atoms with E-state index in [1.54, 1.807) is 37.3 Å². The number of carbonyl (C=O) groups is 3. The molecule has 1 fully saturated rings. The smallest absolute Gasteiger partial charge is 0.330 e. The third-order valence-electron chi connectivity index (χ3n) is 5.25. The van der Waals surface area contributed by atoms with E-state index in [9.17, 15) is 18.8 Å². The summed E-state index contributed by atoms with van der Waals surface area (Å²) in [6, 6.07) is 13.1. The molecule has 3 amide bonds. The van der Waals surface area contributed by atoms with E-state index in [1.807, 2.05) is 0 Å². The highest BCUT2D eigenvalue weighted by molar-refractivity contribution is 6.00. The van der Waals surface area contributed by atoms with Crippen molar-refractivity contribution in [3.05, 3.63) is 78.3 Å². The van der Waals surface area contributed by atoms with Gasteiger partial charge in [-0.1, -0.05) is 0 Å². The van der Waals surface area contributed by atoms with Crippen molar-refractivity contribution in [2.24, 2.45) is 5.92 Å². The number of pyridine rings is 1. The molecule has 0 atom stereocenters. The monoisotopic (exact) mass is 504 g/mol. The van der Waals surface area contributed by atoms with Crippen LogP contribution in [-0.2, 0) is 14.3 Å². The summed E-state index contributed by atoms with van der Waals surface area (Å²) < 4.78 is 24.0. The number of anilines is 3. The lowest BCUT2D eigenvalue weighted by Gasteiger charge is -2.14. The first-order valence-corrected chi connectivity index (χ1v) is 11.7. The topological polar surface area (TPSA) is 119 Å². The predicted molar refractivity (Wildman–Crippen MR) is 137 cm³/mol.